The van der Waals surface area contributed by atoms with Crippen LogP contribution >= 0.6 is 0 Å². The van der Waals surface area contributed by atoms with Crippen molar-refractivity contribution in [1.29, 1.82) is 0 Å². The highest BCUT2D eigenvalue weighted by Gasteiger charge is 2.23. The highest BCUT2D eigenvalue weighted by molar-refractivity contribution is 6.05. The van der Waals surface area contributed by atoms with Crippen LogP contribution < -0.4 is 9.64 Å². The molecule has 0 saturated heterocycles. The predicted molar refractivity (Wildman–Crippen MR) is 104 cm³/mol. The summed E-state index contributed by atoms with van der Waals surface area (Å²) >= 11 is 0. The summed E-state index contributed by atoms with van der Waals surface area (Å²) in [4.78, 5) is 1.43. The second-order valence-electron chi connectivity index (χ2n) is 7.61. The van der Waals surface area contributed by atoms with Gasteiger partial charge in [0.15, 0.2) is 0 Å². The maximum Gasteiger partial charge on any atom is 0.137 e. The molecule has 26 heavy (non-hydrogen) atoms. The Morgan fingerprint density at radius 3 is 2.69 bits per heavy atom. The molecule has 4 nitrogen and oxygen atoms in total. The minimum Gasteiger partial charge on any atom is -0.491 e. The molecule has 1 unspecified atom stereocenters. The van der Waals surface area contributed by atoms with Crippen LogP contribution in [-0.4, -0.2) is 37.5 Å². The number of hydrogen-bond donors (Lipinski definition) is 2. The zero-order valence-corrected chi connectivity index (χ0v) is 15.4. The Bertz CT molecular complexity index is 866. The first kappa shape index (κ1) is 17.4. The fourth-order valence-corrected chi connectivity index (χ4v) is 4.18. The lowest BCUT2D eigenvalue weighted by atomic mass is 9.94. The van der Waals surface area contributed by atoms with Crippen LogP contribution in [0, 0.1) is 0 Å². The first-order valence-electron chi connectivity index (χ1n) is 9.75. The average molecular weight is 354 g/mol. The summed E-state index contributed by atoms with van der Waals surface area (Å²) in [5, 5.41) is 12.5. The van der Waals surface area contributed by atoms with Crippen molar-refractivity contribution in [2.24, 2.45) is 0 Å². The van der Waals surface area contributed by atoms with Crippen LogP contribution in [0.2, 0.25) is 0 Å². The molecule has 1 aromatic heterocycles. The third-order valence-corrected chi connectivity index (χ3v) is 5.65. The van der Waals surface area contributed by atoms with Gasteiger partial charge in [-0.05, 0) is 49.9 Å². The quantitative estimate of drug-likeness (QED) is 0.715. The van der Waals surface area contributed by atoms with Crippen molar-refractivity contribution in [3.8, 4) is 5.75 Å². The smallest absolute Gasteiger partial charge is 0.137 e. The Balaban J connectivity index is 1.38. The molecular formula is C22H28NO3+. The van der Waals surface area contributed by atoms with Crippen LogP contribution in [0.3, 0.4) is 0 Å². The van der Waals surface area contributed by atoms with Crippen LogP contribution in [0.25, 0.3) is 21.9 Å². The van der Waals surface area contributed by atoms with E-state index < -0.39 is 6.10 Å². The number of likely N-dealkylation sites (N-methyl/N-ethyl adjacent to an activating group) is 1. The van der Waals surface area contributed by atoms with E-state index >= 15 is 0 Å². The molecule has 2 atom stereocenters. The van der Waals surface area contributed by atoms with E-state index in [1.54, 1.807) is 0 Å². The largest absolute Gasteiger partial charge is 0.491 e. The van der Waals surface area contributed by atoms with Gasteiger partial charge in [-0.15, -0.1) is 0 Å². The molecule has 1 aliphatic carbocycles. The molecule has 0 aliphatic heterocycles. The summed E-state index contributed by atoms with van der Waals surface area (Å²) in [5.41, 5.74) is 1.75. The van der Waals surface area contributed by atoms with Crippen molar-refractivity contribution in [2.75, 3.05) is 20.2 Å². The number of ether oxygens (including phenoxy) is 1. The van der Waals surface area contributed by atoms with E-state index in [0.717, 1.165) is 34.2 Å². The number of hydrogen-bond acceptors (Lipinski definition) is 3. The van der Waals surface area contributed by atoms with Gasteiger partial charge in [0.1, 0.15) is 36.2 Å². The summed E-state index contributed by atoms with van der Waals surface area (Å²) < 4.78 is 11.7. The van der Waals surface area contributed by atoms with Gasteiger partial charge in [-0.2, -0.15) is 0 Å². The molecule has 3 aromatic rings. The van der Waals surface area contributed by atoms with Gasteiger partial charge >= 0.3 is 0 Å². The minimum atomic E-state index is -0.450. The molecular weight excluding hydrogens is 326 g/mol. The summed E-state index contributed by atoms with van der Waals surface area (Å²) in [6.45, 7) is 1.06. The van der Waals surface area contributed by atoms with Gasteiger partial charge in [0, 0.05) is 10.8 Å². The maximum atomic E-state index is 10.4. The molecule has 0 amide bonds. The van der Waals surface area contributed by atoms with Gasteiger partial charge in [0.25, 0.3) is 0 Å². The van der Waals surface area contributed by atoms with Crippen LogP contribution in [-0.2, 0) is 0 Å². The van der Waals surface area contributed by atoms with Crippen LogP contribution in [0.1, 0.15) is 32.1 Å². The fraction of sp³-hybridized carbons (Fsp3) is 0.455. The van der Waals surface area contributed by atoms with Crippen LogP contribution in [0.15, 0.2) is 46.9 Å². The average Bonchev–Trinajstić information content (AvgIpc) is 3.05. The Kier molecular flexibility index (Phi) is 5.14. The Hall–Kier alpha value is -2.04. The summed E-state index contributed by atoms with van der Waals surface area (Å²) in [5.74, 6) is 0.776. The molecule has 1 fully saturated rings. The number of furan rings is 1. The third kappa shape index (κ3) is 3.71. The van der Waals surface area contributed by atoms with Crippen LogP contribution in [0.5, 0.6) is 5.75 Å². The highest BCUT2D eigenvalue weighted by Crippen LogP contribution is 2.31. The van der Waals surface area contributed by atoms with Crippen molar-refractivity contribution in [3.05, 3.63) is 42.5 Å². The van der Waals surface area contributed by atoms with E-state index in [4.69, 9.17) is 9.15 Å². The number of para-hydroxylation sites is 1. The minimum absolute atomic E-state index is 0.325. The number of fused-ring (bicyclic) bond motifs is 3. The predicted octanol–water partition coefficient (Wildman–Crippen LogP) is 3.17. The third-order valence-electron chi connectivity index (χ3n) is 5.65. The van der Waals surface area contributed by atoms with Crippen molar-refractivity contribution >= 4 is 21.9 Å². The molecule has 4 heteroatoms. The van der Waals surface area contributed by atoms with E-state index in [-0.39, 0.29) is 0 Å². The monoisotopic (exact) mass is 354 g/mol. The number of quaternary nitrogens is 1. The van der Waals surface area contributed by atoms with Crippen molar-refractivity contribution in [3.63, 3.8) is 0 Å². The second-order valence-corrected chi connectivity index (χ2v) is 7.61. The van der Waals surface area contributed by atoms with E-state index in [1.165, 1.54) is 37.0 Å². The summed E-state index contributed by atoms with van der Waals surface area (Å²) in [6, 6.07) is 14.6. The number of aliphatic hydroxyl groups is 1. The van der Waals surface area contributed by atoms with Crippen molar-refractivity contribution in [2.45, 2.75) is 44.2 Å². The van der Waals surface area contributed by atoms with E-state index in [0.29, 0.717) is 12.6 Å². The van der Waals surface area contributed by atoms with E-state index in [9.17, 15) is 5.11 Å². The fourth-order valence-electron chi connectivity index (χ4n) is 4.18. The Morgan fingerprint density at radius 1 is 1.08 bits per heavy atom. The number of aliphatic hydroxyl groups excluding tert-OH is 1. The number of nitrogens with one attached hydrogen (secondary N) is 1. The molecule has 2 N–H and O–H groups in total. The van der Waals surface area contributed by atoms with Crippen molar-refractivity contribution < 1.29 is 19.2 Å². The molecule has 0 spiro atoms. The lowest BCUT2D eigenvalue weighted by Crippen LogP contribution is -3.14. The summed E-state index contributed by atoms with van der Waals surface area (Å²) in [6.07, 6.45) is 6.13. The van der Waals surface area contributed by atoms with Gasteiger partial charge < -0.3 is 19.2 Å². The second kappa shape index (κ2) is 7.68. The van der Waals surface area contributed by atoms with Gasteiger partial charge in [-0.25, -0.2) is 0 Å². The lowest BCUT2D eigenvalue weighted by molar-refractivity contribution is -0.910. The van der Waals surface area contributed by atoms with Gasteiger partial charge in [0.2, 0.25) is 0 Å². The first-order valence-corrected chi connectivity index (χ1v) is 9.75. The molecule has 138 valence electrons. The Morgan fingerprint density at radius 2 is 1.85 bits per heavy atom. The van der Waals surface area contributed by atoms with Crippen molar-refractivity contribution in [1.82, 2.24) is 0 Å². The first-order chi connectivity index (χ1) is 12.7. The normalized spacial score (nSPS) is 18.2. The molecule has 4 rings (SSSR count). The molecule has 1 heterocycles. The van der Waals surface area contributed by atoms with E-state index in [1.807, 2.05) is 36.4 Å². The number of rotatable bonds is 6. The lowest BCUT2D eigenvalue weighted by Gasteiger charge is -2.29. The van der Waals surface area contributed by atoms with E-state index in [2.05, 4.69) is 13.1 Å². The zero-order valence-electron chi connectivity index (χ0n) is 15.4. The standard InChI is InChI=1S/C22H27NO3/c1-23(16-7-3-2-4-8-16)14-17(24)15-25-18-11-12-22-20(13-18)19-9-5-6-10-21(19)26-22/h5-6,9-13,16-17,24H,2-4,7-8,14-15H2,1H3/p+1/t17-/m0/s1. The van der Waals surface area contributed by atoms with Gasteiger partial charge in [-0.3, -0.25) is 0 Å². The molecule has 2 aromatic carbocycles. The van der Waals surface area contributed by atoms with Gasteiger partial charge in [0.05, 0.1) is 13.1 Å². The molecule has 0 bridgehead atoms. The highest BCUT2D eigenvalue weighted by atomic mass is 16.5. The maximum absolute atomic E-state index is 10.4. The SMILES string of the molecule is C[NH+](C[C@H](O)COc1ccc2oc3ccccc3c2c1)C1CCCCC1. The Labute approximate surface area is 154 Å². The van der Waals surface area contributed by atoms with Crippen LogP contribution in [0.4, 0.5) is 0 Å². The number of benzene rings is 2. The molecule has 1 saturated carbocycles. The topological polar surface area (TPSA) is 47.0 Å². The van der Waals surface area contributed by atoms with Gasteiger partial charge in [-0.1, -0.05) is 24.6 Å². The molecule has 1 aliphatic rings. The zero-order chi connectivity index (χ0) is 17.9. The molecule has 0 radical (unpaired) electrons. The summed E-state index contributed by atoms with van der Waals surface area (Å²) in [7, 11) is 2.20.